The molecule has 0 unspecified atom stereocenters. The summed E-state index contributed by atoms with van der Waals surface area (Å²) < 4.78 is 0. The van der Waals surface area contributed by atoms with Crippen LogP contribution < -0.4 is 4.90 Å². The van der Waals surface area contributed by atoms with Gasteiger partial charge in [-0.3, -0.25) is 0 Å². The Hall–Kier alpha value is -2.58. The molecule has 0 radical (unpaired) electrons. The summed E-state index contributed by atoms with van der Waals surface area (Å²) in [5.74, 6) is 0. The van der Waals surface area contributed by atoms with Crippen LogP contribution in [-0.2, 0) is 0 Å². The van der Waals surface area contributed by atoms with Crippen molar-refractivity contribution in [2.75, 3.05) is 4.90 Å². The Bertz CT molecular complexity index is 928. The van der Waals surface area contributed by atoms with Gasteiger partial charge in [0.2, 0.25) is 0 Å². The second kappa shape index (κ2) is 6.05. The minimum absolute atomic E-state index is 0.302. The van der Waals surface area contributed by atoms with E-state index >= 15 is 0 Å². The number of para-hydroxylation sites is 2. The van der Waals surface area contributed by atoms with E-state index < -0.39 is 0 Å². The Morgan fingerprint density at radius 3 is 2.16 bits per heavy atom. The first-order chi connectivity index (χ1) is 12.1. The molecule has 25 heavy (non-hydrogen) atoms. The second-order valence-corrected chi connectivity index (χ2v) is 7.12. The molecule has 0 atom stereocenters. The Kier molecular flexibility index (Phi) is 3.85. The fourth-order valence-corrected chi connectivity index (χ4v) is 3.60. The first-order valence-corrected chi connectivity index (χ1v) is 8.74. The number of rotatable bonds is 2. The van der Waals surface area contributed by atoms with E-state index in [0.717, 1.165) is 33.4 Å². The van der Waals surface area contributed by atoms with Gasteiger partial charge >= 0.3 is 0 Å². The van der Waals surface area contributed by atoms with Crippen molar-refractivity contribution >= 4 is 34.4 Å². The molecule has 1 aliphatic rings. The molecule has 0 aromatic heterocycles. The van der Waals surface area contributed by atoms with Gasteiger partial charge in [-0.1, -0.05) is 54.1 Å². The van der Waals surface area contributed by atoms with E-state index in [1.807, 2.05) is 24.3 Å². The summed E-state index contributed by atoms with van der Waals surface area (Å²) in [7, 11) is 0. The summed E-state index contributed by atoms with van der Waals surface area (Å²) in [6.07, 6.45) is 0. The van der Waals surface area contributed by atoms with E-state index in [0.29, 0.717) is 0 Å². The number of hydrogen-bond donors (Lipinski definition) is 0. The monoisotopic (exact) mass is 346 g/mol. The van der Waals surface area contributed by atoms with Crippen LogP contribution in [0.4, 0.5) is 17.1 Å². The molecule has 1 heterocycles. The van der Waals surface area contributed by atoms with E-state index in [-0.39, 0.29) is 5.54 Å². The molecule has 0 saturated carbocycles. The van der Waals surface area contributed by atoms with E-state index in [2.05, 4.69) is 73.3 Å². The third kappa shape index (κ3) is 2.73. The number of halogens is 1. The molecule has 0 N–H and O–H groups in total. The van der Waals surface area contributed by atoms with Gasteiger partial charge < -0.3 is 4.90 Å². The van der Waals surface area contributed by atoms with Crippen LogP contribution in [0.5, 0.6) is 0 Å². The van der Waals surface area contributed by atoms with Crippen molar-refractivity contribution in [2.24, 2.45) is 4.99 Å². The average molecular weight is 347 g/mol. The molecule has 2 nitrogen and oxygen atoms in total. The van der Waals surface area contributed by atoms with Gasteiger partial charge in [-0.15, -0.1) is 0 Å². The van der Waals surface area contributed by atoms with E-state index in [1.54, 1.807) is 0 Å². The molecular formula is C22H19ClN2. The summed E-state index contributed by atoms with van der Waals surface area (Å²) in [5.41, 5.74) is 5.09. The Labute approximate surface area is 153 Å². The van der Waals surface area contributed by atoms with Crippen LogP contribution in [0, 0.1) is 0 Å². The van der Waals surface area contributed by atoms with Gasteiger partial charge in [0.05, 0.1) is 22.6 Å². The fraction of sp³-hybridized carbons (Fsp3) is 0.136. The van der Waals surface area contributed by atoms with Gasteiger partial charge in [0.1, 0.15) is 0 Å². The molecule has 0 spiro atoms. The molecule has 0 saturated heterocycles. The van der Waals surface area contributed by atoms with E-state index in [1.165, 1.54) is 0 Å². The first-order valence-electron chi connectivity index (χ1n) is 8.37. The van der Waals surface area contributed by atoms with Gasteiger partial charge in [-0.2, -0.15) is 0 Å². The topological polar surface area (TPSA) is 15.6 Å². The van der Waals surface area contributed by atoms with Crippen molar-refractivity contribution < 1.29 is 0 Å². The van der Waals surface area contributed by atoms with Crippen LogP contribution >= 0.6 is 11.6 Å². The first kappa shape index (κ1) is 15.9. The van der Waals surface area contributed by atoms with Crippen LogP contribution in [0.15, 0.2) is 83.9 Å². The van der Waals surface area contributed by atoms with Gasteiger partial charge in [-0.05, 0) is 55.8 Å². The zero-order valence-corrected chi connectivity index (χ0v) is 15.0. The fourth-order valence-electron chi connectivity index (χ4n) is 3.48. The third-order valence-electron chi connectivity index (χ3n) is 4.63. The molecule has 1 aliphatic heterocycles. The van der Waals surface area contributed by atoms with Crippen LogP contribution in [0.2, 0.25) is 5.02 Å². The molecule has 4 rings (SSSR count). The SMILES string of the molecule is CC1(C)C(c2ccccc2)=Nc2ccccc2N1c1ccc(Cl)cc1. The maximum absolute atomic E-state index is 6.10. The second-order valence-electron chi connectivity index (χ2n) is 6.69. The van der Waals surface area contributed by atoms with E-state index in [4.69, 9.17) is 16.6 Å². The van der Waals surface area contributed by atoms with Gasteiger partial charge in [0.25, 0.3) is 0 Å². The van der Waals surface area contributed by atoms with Gasteiger partial charge in [0.15, 0.2) is 0 Å². The highest BCUT2D eigenvalue weighted by Crippen LogP contribution is 2.45. The third-order valence-corrected chi connectivity index (χ3v) is 4.88. The van der Waals surface area contributed by atoms with Crippen LogP contribution in [0.25, 0.3) is 0 Å². The highest BCUT2D eigenvalue weighted by atomic mass is 35.5. The predicted octanol–water partition coefficient (Wildman–Crippen LogP) is 6.39. The molecule has 3 heteroatoms. The highest BCUT2D eigenvalue weighted by Gasteiger charge is 2.38. The maximum Gasteiger partial charge on any atom is 0.0871 e. The summed E-state index contributed by atoms with van der Waals surface area (Å²) in [5, 5.41) is 0.740. The van der Waals surface area contributed by atoms with Crippen LogP contribution in [0.1, 0.15) is 19.4 Å². The lowest BCUT2D eigenvalue weighted by molar-refractivity contribution is 0.662. The number of benzene rings is 3. The lowest BCUT2D eigenvalue weighted by Gasteiger charge is -2.44. The number of hydrogen-bond acceptors (Lipinski definition) is 2. The van der Waals surface area contributed by atoms with Crippen molar-refractivity contribution in [3.8, 4) is 0 Å². The van der Waals surface area contributed by atoms with Crippen molar-refractivity contribution in [3.05, 3.63) is 89.4 Å². The predicted molar refractivity (Wildman–Crippen MR) is 107 cm³/mol. The minimum atomic E-state index is -0.302. The van der Waals surface area contributed by atoms with Gasteiger partial charge in [-0.25, -0.2) is 4.99 Å². The molecule has 0 bridgehead atoms. The maximum atomic E-state index is 6.10. The van der Waals surface area contributed by atoms with Crippen molar-refractivity contribution in [1.29, 1.82) is 0 Å². The molecule has 3 aromatic rings. The lowest BCUT2D eigenvalue weighted by atomic mass is 9.87. The zero-order chi connectivity index (χ0) is 17.4. The molecule has 124 valence electrons. The van der Waals surface area contributed by atoms with E-state index in [9.17, 15) is 0 Å². The number of nitrogens with zero attached hydrogens (tertiary/aromatic N) is 2. The Morgan fingerprint density at radius 2 is 1.44 bits per heavy atom. The standard InChI is InChI=1S/C22H19ClN2/c1-22(2)21(16-8-4-3-5-9-16)24-19-10-6-7-11-20(19)25(22)18-14-12-17(23)13-15-18/h3-15H,1-2H3. The lowest BCUT2D eigenvalue weighted by Crippen LogP contribution is -2.49. The quantitative estimate of drug-likeness (QED) is 0.524. The smallest absolute Gasteiger partial charge is 0.0871 e. The number of anilines is 2. The average Bonchev–Trinajstić information content (AvgIpc) is 2.63. The molecule has 3 aromatic carbocycles. The zero-order valence-electron chi connectivity index (χ0n) is 14.3. The number of fused-ring (bicyclic) bond motifs is 1. The summed E-state index contributed by atoms with van der Waals surface area (Å²) >= 11 is 6.10. The number of aliphatic imine (C=N–C) groups is 1. The summed E-state index contributed by atoms with van der Waals surface area (Å²) in [4.78, 5) is 7.35. The van der Waals surface area contributed by atoms with Crippen molar-refractivity contribution in [3.63, 3.8) is 0 Å². The molecule has 0 fully saturated rings. The summed E-state index contributed by atoms with van der Waals surface area (Å²) in [6, 6.07) is 26.7. The van der Waals surface area contributed by atoms with Gasteiger partial charge in [0, 0.05) is 10.7 Å². The molecule has 0 aliphatic carbocycles. The highest BCUT2D eigenvalue weighted by molar-refractivity contribution is 6.30. The Morgan fingerprint density at radius 1 is 0.800 bits per heavy atom. The molecular weight excluding hydrogens is 328 g/mol. The largest absolute Gasteiger partial charge is 0.328 e. The van der Waals surface area contributed by atoms with Crippen LogP contribution in [0.3, 0.4) is 0 Å². The molecule has 0 amide bonds. The normalized spacial score (nSPS) is 15.5. The van der Waals surface area contributed by atoms with Crippen molar-refractivity contribution in [2.45, 2.75) is 19.4 Å². The van der Waals surface area contributed by atoms with Crippen LogP contribution in [-0.4, -0.2) is 11.3 Å². The minimum Gasteiger partial charge on any atom is -0.328 e. The Balaban J connectivity index is 1.95. The van der Waals surface area contributed by atoms with Crippen molar-refractivity contribution in [1.82, 2.24) is 0 Å². The summed E-state index contributed by atoms with van der Waals surface area (Å²) in [6.45, 7) is 4.42.